The lowest BCUT2D eigenvalue weighted by molar-refractivity contribution is -0.164. The van der Waals surface area contributed by atoms with Gasteiger partial charge in [-0.15, -0.1) is 0 Å². The Balaban J connectivity index is 1.55. The lowest BCUT2D eigenvalue weighted by atomic mass is 9.85. The molecule has 3 amide bonds. The fraction of sp³-hybridized carbons (Fsp3) is 0.429. The van der Waals surface area contributed by atoms with E-state index in [9.17, 15) is 19.2 Å². The minimum Gasteiger partial charge on any atom is -0.451 e. The average Bonchev–Trinajstić information content (AvgIpc) is 2.97. The second-order valence-electron chi connectivity index (χ2n) is 7.16. The first-order valence-corrected chi connectivity index (χ1v) is 9.44. The third-order valence-corrected chi connectivity index (χ3v) is 5.24. The Morgan fingerprint density at radius 2 is 1.64 bits per heavy atom. The Bertz CT molecular complexity index is 778. The van der Waals surface area contributed by atoms with Crippen molar-refractivity contribution in [3.05, 3.63) is 48.0 Å². The number of hydrogen-bond acceptors (Lipinski definition) is 5. The van der Waals surface area contributed by atoms with E-state index in [1.165, 1.54) is 13.8 Å². The van der Waals surface area contributed by atoms with Crippen LogP contribution in [0.3, 0.4) is 0 Å². The molecule has 1 aromatic rings. The number of ether oxygens (including phenoxy) is 1. The SMILES string of the molecule is CC(OC(=O)C(C)N1C(=O)C2CC=CCC2C1=O)C(=O)NCc1ccccc1. The van der Waals surface area contributed by atoms with E-state index in [4.69, 9.17) is 4.74 Å². The van der Waals surface area contributed by atoms with E-state index >= 15 is 0 Å². The van der Waals surface area contributed by atoms with Gasteiger partial charge in [-0.1, -0.05) is 42.5 Å². The fourth-order valence-corrected chi connectivity index (χ4v) is 3.57. The molecule has 4 unspecified atom stereocenters. The molecule has 7 nitrogen and oxygen atoms in total. The van der Waals surface area contributed by atoms with Gasteiger partial charge in [0.2, 0.25) is 11.8 Å². The molecule has 0 saturated carbocycles. The summed E-state index contributed by atoms with van der Waals surface area (Å²) in [6.45, 7) is 3.23. The van der Waals surface area contributed by atoms with E-state index in [-0.39, 0.29) is 11.8 Å². The molecule has 148 valence electrons. The van der Waals surface area contributed by atoms with E-state index in [0.717, 1.165) is 10.5 Å². The summed E-state index contributed by atoms with van der Waals surface area (Å²) in [4.78, 5) is 50.8. The highest BCUT2D eigenvalue weighted by molar-refractivity contribution is 6.08. The van der Waals surface area contributed by atoms with Crippen molar-refractivity contribution in [1.29, 1.82) is 0 Å². The molecule has 0 aromatic heterocycles. The Morgan fingerprint density at radius 1 is 1.07 bits per heavy atom. The number of hydrogen-bond donors (Lipinski definition) is 1. The molecule has 1 aliphatic carbocycles. The first kappa shape index (κ1) is 19.8. The number of carbonyl (C=O) groups excluding carboxylic acids is 4. The van der Waals surface area contributed by atoms with E-state index in [1.807, 2.05) is 42.5 Å². The van der Waals surface area contributed by atoms with Crippen molar-refractivity contribution in [2.75, 3.05) is 0 Å². The largest absolute Gasteiger partial charge is 0.451 e. The predicted molar refractivity (Wildman–Crippen MR) is 101 cm³/mol. The number of imide groups is 1. The molecule has 28 heavy (non-hydrogen) atoms. The number of benzene rings is 1. The lowest BCUT2D eigenvalue weighted by Crippen LogP contribution is -2.46. The molecule has 0 spiro atoms. The second-order valence-corrected chi connectivity index (χ2v) is 7.16. The average molecular weight is 384 g/mol. The van der Waals surface area contributed by atoms with Crippen LogP contribution in [0, 0.1) is 11.8 Å². The molecule has 1 heterocycles. The Kier molecular flexibility index (Phi) is 5.92. The van der Waals surface area contributed by atoms with Gasteiger partial charge in [0.15, 0.2) is 6.10 Å². The lowest BCUT2D eigenvalue weighted by Gasteiger charge is -2.23. The molecule has 1 saturated heterocycles. The maximum atomic E-state index is 12.6. The maximum Gasteiger partial charge on any atom is 0.329 e. The van der Waals surface area contributed by atoms with E-state index in [0.29, 0.717) is 19.4 Å². The van der Waals surface area contributed by atoms with Gasteiger partial charge in [0.05, 0.1) is 11.8 Å². The highest BCUT2D eigenvalue weighted by atomic mass is 16.5. The van der Waals surface area contributed by atoms with Crippen LogP contribution in [0.25, 0.3) is 0 Å². The third kappa shape index (κ3) is 3.98. The molecular weight excluding hydrogens is 360 g/mol. The van der Waals surface area contributed by atoms with Crippen LogP contribution < -0.4 is 5.32 Å². The topological polar surface area (TPSA) is 92.8 Å². The summed E-state index contributed by atoms with van der Waals surface area (Å²) in [6.07, 6.45) is 3.75. The standard InChI is InChI=1S/C21H24N2O5/c1-13(23-19(25)16-10-6-7-11-17(16)20(23)26)21(27)28-14(2)18(24)22-12-15-8-4-3-5-9-15/h3-9,13-14,16-17H,10-12H2,1-2H3,(H,22,24). The Morgan fingerprint density at radius 3 is 2.21 bits per heavy atom. The van der Waals surface area contributed by atoms with Gasteiger partial charge in [-0.25, -0.2) is 4.79 Å². The molecule has 1 fully saturated rings. The van der Waals surface area contributed by atoms with Crippen LogP contribution in [0.2, 0.25) is 0 Å². The quantitative estimate of drug-likeness (QED) is 0.457. The predicted octanol–water partition coefficient (Wildman–Crippen LogP) is 1.57. The molecular formula is C21H24N2O5. The summed E-state index contributed by atoms with van der Waals surface area (Å²) in [5.74, 6) is -2.70. The summed E-state index contributed by atoms with van der Waals surface area (Å²) in [5, 5.41) is 2.70. The van der Waals surface area contributed by atoms with Gasteiger partial charge < -0.3 is 10.1 Å². The molecule has 4 atom stereocenters. The summed E-state index contributed by atoms with van der Waals surface area (Å²) in [6, 6.07) is 8.29. The zero-order valence-electron chi connectivity index (χ0n) is 16.0. The van der Waals surface area contributed by atoms with Gasteiger partial charge >= 0.3 is 5.97 Å². The van der Waals surface area contributed by atoms with Crippen LogP contribution in [0.4, 0.5) is 0 Å². The van der Waals surface area contributed by atoms with Crippen molar-refractivity contribution in [3.63, 3.8) is 0 Å². The zero-order valence-corrected chi connectivity index (χ0v) is 16.0. The molecule has 1 aliphatic heterocycles. The number of likely N-dealkylation sites (tertiary alicyclic amines) is 1. The first-order valence-electron chi connectivity index (χ1n) is 9.44. The number of fused-ring (bicyclic) bond motifs is 1. The Hall–Kier alpha value is -2.96. The van der Waals surface area contributed by atoms with Crippen molar-refractivity contribution in [3.8, 4) is 0 Å². The second kappa shape index (κ2) is 8.37. The molecule has 0 radical (unpaired) electrons. The van der Waals surface area contributed by atoms with Crippen LogP contribution in [0.5, 0.6) is 0 Å². The summed E-state index contributed by atoms with van der Waals surface area (Å²) < 4.78 is 5.21. The van der Waals surface area contributed by atoms with Gasteiger partial charge in [0.25, 0.3) is 5.91 Å². The number of amides is 3. The third-order valence-electron chi connectivity index (χ3n) is 5.24. The molecule has 2 aliphatic rings. The number of esters is 1. The molecule has 1 aromatic carbocycles. The van der Waals surface area contributed by atoms with Gasteiger partial charge in [-0.05, 0) is 32.3 Å². The van der Waals surface area contributed by atoms with E-state index in [2.05, 4.69) is 5.32 Å². The summed E-state index contributed by atoms with van der Waals surface area (Å²) in [5.41, 5.74) is 0.923. The van der Waals surface area contributed by atoms with Crippen molar-refractivity contribution in [2.45, 2.75) is 45.4 Å². The highest BCUT2D eigenvalue weighted by Crippen LogP contribution is 2.36. The summed E-state index contributed by atoms with van der Waals surface area (Å²) >= 11 is 0. The smallest absolute Gasteiger partial charge is 0.329 e. The fourth-order valence-electron chi connectivity index (χ4n) is 3.57. The van der Waals surface area contributed by atoms with Crippen LogP contribution in [-0.2, 0) is 30.5 Å². The van der Waals surface area contributed by atoms with E-state index in [1.54, 1.807) is 0 Å². The minimum atomic E-state index is -1.06. The number of nitrogens with one attached hydrogen (secondary N) is 1. The first-order chi connectivity index (χ1) is 13.4. The van der Waals surface area contributed by atoms with Crippen molar-refractivity contribution < 1.29 is 23.9 Å². The van der Waals surface area contributed by atoms with Crippen LogP contribution in [-0.4, -0.2) is 40.7 Å². The van der Waals surface area contributed by atoms with Gasteiger partial charge in [0, 0.05) is 6.54 Å². The number of rotatable bonds is 6. The van der Waals surface area contributed by atoms with Crippen LogP contribution in [0.1, 0.15) is 32.3 Å². The molecule has 1 N–H and O–H groups in total. The molecule has 0 bridgehead atoms. The maximum absolute atomic E-state index is 12.6. The van der Waals surface area contributed by atoms with Gasteiger partial charge in [-0.3, -0.25) is 19.3 Å². The van der Waals surface area contributed by atoms with Crippen molar-refractivity contribution in [1.82, 2.24) is 10.2 Å². The number of allylic oxidation sites excluding steroid dienone is 2. The Labute approximate surface area is 163 Å². The summed E-state index contributed by atoms with van der Waals surface area (Å²) in [7, 11) is 0. The molecule has 3 rings (SSSR count). The van der Waals surface area contributed by atoms with Gasteiger partial charge in [-0.2, -0.15) is 0 Å². The van der Waals surface area contributed by atoms with Crippen LogP contribution in [0.15, 0.2) is 42.5 Å². The van der Waals surface area contributed by atoms with Crippen molar-refractivity contribution in [2.24, 2.45) is 11.8 Å². The number of carbonyl (C=O) groups is 4. The van der Waals surface area contributed by atoms with E-state index < -0.39 is 35.9 Å². The number of nitrogens with zero attached hydrogens (tertiary/aromatic N) is 1. The zero-order chi connectivity index (χ0) is 20.3. The van der Waals surface area contributed by atoms with Crippen LogP contribution >= 0.6 is 0 Å². The monoisotopic (exact) mass is 384 g/mol. The minimum absolute atomic E-state index is 0.316. The van der Waals surface area contributed by atoms with Gasteiger partial charge in [0.1, 0.15) is 6.04 Å². The highest BCUT2D eigenvalue weighted by Gasteiger charge is 2.50. The van der Waals surface area contributed by atoms with Crippen molar-refractivity contribution >= 4 is 23.7 Å². The molecule has 7 heteroatoms. The normalized spacial score (nSPS) is 23.1.